The van der Waals surface area contributed by atoms with Crippen molar-refractivity contribution in [2.75, 3.05) is 6.26 Å². The van der Waals surface area contributed by atoms with E-state index in [2.05, 4.69) is 0 Å². The van der Waals surface area contributed by atoms with E-state index in [4.69, 9.17) is 5.73 Å². The Kier molecular flexibility index (Phi) is 2.50. The van der Waals surface area contributed by atoms with Crippen LogP contribution in [0.5, 0.6) is 0 Å². The van der Waals surface area contributed by atoms with Gasteiger partial charge in [-0.25, -0.2) is 8.42 Å². The zero-order valence-corrected chi connectivity index (χ0v) is 9.75. The molecule has 1 atom stereocenters. The van der Waals surface area contributed by atoms with Crippen molar-refractivity contribution in [3.63, 3.8) is 0 Å². The summed E-state index contributed by atoms with van der Waals surface area (Å²) in [5.74, 6) is -0.721. The lowest BCUT2D eigenvalue weighted by molar-refractivity contribution is -0.119. The molecule has 16 heavy (non-hydrogen) atoms. The Labute approximate surface area is 94.4 Å². The summed E-state index contributed by atoms with van der Waals surface area (Å²) in [6, 6.07) is 4.93. The molecule has 2 N–H and O–H groups in total. The first-order valence-corrected chi connectivity index (χ1v) is 6.91. The Morgan fingerprint density at radius 1 is 1.44 bits per heavy atom. The van der Waals surface area contributed by atoms with Gasteiger partial charge in [0.2, 0.25) is 5.91 Å². The number of hydrogen-bond acceptors (Lipinski definition) is 3. The predicted molar refractivity (Wildman–Crippen MR) is 59.8 cm³/mol. The molecule has 0 aromatic heterocycles. The minimum Gasteiger partial charge on any atom is -0.369 e. The quantitative estimate of drug-likeness (QED) is 0.821. The van der Waals surface area contributed by atoms with Crippen LogP contribution in [0.3, 0.4) is 0 Å². The van der Waals surface area contributed by atoms with Gasteiger partial charge in [-0.05, 0) is 36.1 Å². The zero-order valence-electron chi connectivity index (χ0n) is 8.93. The van der Waals surface area contributed by atoms with Crippen molar-refractivity contribution >= 4 is 15.7 Å². The van der Waals surface area contributed by atoms with E-state index in [-0.39, 0.29) is 16.7 Å². The lowest BCUT2D eigenvalue weighted by Gasteiger charge is -2.08. The van der Waals surface area contributed by atoms with Crippen molar-refractivity contribution in [3.8, 4) is 0 Å². The SMILES string of the molecule is CS(=O)(=O)c1ccc2c(c1)C(C(N)=O)CC2. The van der Waals surface area contributed by atoms with E-state index in [9.17, 15) is 13.2 Å². The van der Waals surface area contributed by atoms with E-state index in [0.717, 1.165) is 23.8 Å². The first kappa shape index (κ1) is 11.1. The van der Waals surface area contributed by atoms with Crippen molar-refractivity contribution in [2.24, 2.45) is 5.73 Å². The minimum atomic E-state index is -3.23. The summed E-state index contributed by atoms with van der Waals surface area (Å²) in [4.78, 5) is 11.4. The largest absolute Gasteiger partial charge is 0.369 e. The maximum Gasteiger partial charge on any atom is 0.224 e. The average molecular weight is 239 g/mol. The molecule has 0 bridgehead atoms. The second-order valence-electron chi connectivity index (χ2n) is 4.13. The summed E-state index contributed by atoms with van der Waals surface area (Å²) in [7, 11) is -3.23. The van der Waals surface area contributed by atoms with Gasteiger partial charge in [0.1, 0.15) is 0 Å². The number of aryl methyl sites for hydroxylation is 1. The molecule has 0 saturated carbocycles. The van der Waals surface area contributed by atoms with Crippen molar-refractivity contribution < 1.29 is 13.2 Å². The Morgan fingerprint density at radius 2 is 2.12 bits per heavy atom. The number of carbonyl (C=O) groups is 1. The molecule has 1 aromatic carbocycles. The lowest BCUT2D eigenvalue weighted by Crippen LogP contribution is -2.19. The fourth-order valence-electron chi connectivity index (χ4n) is 2.11. The van der Waals surface area contributed by atoms with Crippen LogP contribution in [-0.4, -0.2) is 20.6 Å². The number of amides is 1. The summed E-state index contributed by atoms with van der Waals surface area (Å²) < 4.78 is 22.8. The number of hydrogen-bond donors (Lipinski definition) is 1. The molecular formula is C11H13NO3S. The Balaban J connectivity index is 2.54. The van der Waals surface area contributed by atoms with E-state index >= 15 is 0 Å². The third-order valence-electron chi connectivity index (χ3n) is 2.97. The van der Waals surface area contributed by atoms with Crippen molar-refractivity contribution in [2.45, 2.75) is 23.7 Å². The molecule has 4 nitrogen and oxygen atoms in total. The van der Waals surface area contributed by atoms with Crippen LogP contribution in [0.25, 0.3) is 0 Å². The van der Waals surface area contributed by atoms with Crippen molar-refractivity contribution in [3.05, 3.63) is 29.3 Å². The van der Waals surface area contributed by atoms with Crippen LogP contribution < -0.4 is 5.73 Å². The van der Waals surface area contributed by atoms with E-state index in [1.807, 2.05) is 0 Å². The summed E-state index contributed by atoms with van der Waals surface area (Å²) in [5, 5.41) is 0. The maximum atomic E-state index is 11.4. The molecule has 2 rings (SSSR count). The molecule has 1 aromatic rings. The van der Waals surface area contributed by atoms with Gasteiger partial charge in [-0.3, -0.25) is 4.79 Å². The van der Waals surface area contributed by atoms with Crippen LogP contribution in [0.15, 0.2) is 23.1 Å². The number of sulfone groups is 1. The summed E-state index contributed by atoms with van der Waals surface area (Å²) in [5.41, 5.74) is 7.08. The Bertz CT molecular complexity index is 548. The number of nitrogens with two attached hydrogens (primary N) is 1. The molecule has 0 saturated heterocycles. The summed E-state index contributed by atoms with van der Waals surface area (Å²) in [6.07, 6.45) is 2.62. The molecule has 1 amide bonds. The minimum absolute atomic E-state index is 0.249. The molecule has 1 unspecified atom stereocenters. The number of carbonyl (C=O) groups excluding carboxylic acids is 1. The molecular weight excluding hydrogens is 226 g/mol. The summed E-state index contributed by atoms with van der Waals surface area (Å²) in [6.45, 7) is 0. The molecule has 5 heteroatoms. The highest BCUT2D eigenvalue weighted by molar-refractivity contribution is 7.90. The molecule has 0 radical (unpaired) electrons. The molecule has 0 fully saturated rings. The van der Waals surface area contributed by atoms with Gasteiger partial charge < -0.3 is 5.73 Å². The van der Waals surface area contributed by atoms with Crippen LogP contribution in [0.4, 0.5) is 0 Å². The molecule has 86 valence electrons. The monoisotopic (exact) mass is 239 g/mol. The number of primary amides is 1. The van der Waals surface area contributed by atoms with E-state index in [1.165, 1.54) is 0 Å². The van der Waals surface area contributed by atoms with Crippen molar-refractivity contribution in [1.82, 2.24) is 0 Å². The highest BCUT2D eigenvalue weighted by atomic mass is 32.2. The third-order valence-corrected chi connectivity index (χ3v) is 4.08. The second kappa shape index (κ2) is 3.59. The lowest BCUT2D eigenvalue weighted by atomic mass is 10.0. The molecule has 0 heterocycles. The summed E-state index contributed by atoms with van der Waals surface area (Å²) >= 11 is 0. The van der Waals surface area contributed by atoms with E-state index in [0.29, 0.717) is 6.42 Å². The van der Waals surface area contributed by atoms with Gasteiger partial charge in [0, 0.05) is 6.26 Å². The molecule has 0 aliphatic heterocycles. The topological polar surface area (TPSA) is 77.2 Å². The number of rotatable bonds is 2. The van der Waals surface area contributed by atoms with Gasteiger partial charge in [0.15, 0.2) is 9.84 Å². The van der Waals surface area contributed by atoms with Gasteiger partial charge >= 0.3 is 0 Å². The normalized spacial score (nSPS) is 19.4. The first-order chi connectivity index (χ1) is 7.39. The van der Waals surface area contributed by atoms with Crippen LogP contribution in [0, 0.1) is 0 Å². The van der Waals surface area contributed by atoms with Crippen LogP contribution in [0.1, 0.15) is 23.5 Å². The Hall–Kier alpha value is -1.36. The smallest absolute Gasteiger partial charge is 0.224 e. The molecule has 1 aliphatic rings. The fourth-order valence-corrected chi connectivity index (χ4v) is 2.76. The number of fused-ring (bicyclic) bond motifs is 1. The Morgan fingerprint density at radius 3 is 2.69 bits per heavy atom. The van der Waals surface area contributed by atoms with Gasteiger partial charge in [0.05, 0.1) is 10.8 Å². The molecule has 1 aliphatic carbocycles. The average Bonchev–Trinajstić information content (AvgIpc) is 2.58. The van der Waals surface area contributed by atoms with Gasteiger partial charge in [0.25, 0.3) is 0 Å². The van der Waals surface area contributed by atoms with Gasteiger partial charge in [-0.1, -0.05) is 6.07 Å². The standard InChI is InChI=1S/C11H13NO3S/c1-16(14,15)8-4-2-7-3-5-9(11(12)13)10(7)6-8/h2,4,6,9H,3,5H2,1H3,(H2,12,13). The molecule has 0 spiro atoms. The highest BCUT2D eigenvalue weighted by Gasteiger charge is 2.27. The zero-order chi connectivity index (χ0) is 11.9. The van der Waals surface area contributed by atoms with Gasteiger partial charge in [-0.2, -0.15) is 0 Å². The van der Waals surface area contributed by atoms with Crippen LogP contribution >= 0.6 is 0 Å². The van der Waals surface area contributed by atoms with Crippen LogP contribution in [-0.2, 0) is 21.1 Å². The third kappa shape index (κ3) is 1.82. The second-order valence-corrected chi connectivity index (χ2v) is 6.14. The van der Waals surface area contributed by atoms with E-state index < -0.39 is 9.84 Å². The predicted octanol–water partition coefficient (Wildman–Crippen LogP) is 0.605. The highest BCUT2D eigenvalue weighted by Crippen LogP contribution is 2.34. The van der Waals surface area contributed by atoms with E-state index in [1.54, 1.807) is 18.2 Å². The van der Waals surface area contributed by atoms with Crippen molar-refractivity contribution in [1.29, 1.82) is 0 Å². The van der Waals surface area contributed by atoms with Crippen LogP contribution in [0.2, 0.25) is 0 Å². The maximum absolute atomic E-state index is 11.4. The first-order valence-electron chi connectivity index (χ1n) is 5.02. The fraction of sp³-hybridized carbons (Fsp3) is 0.364. The van der Waals surface area contributed by atoms with Gasteiger partial charge in [-0.15, -0.1) is 0 Å². The number of benzene rings is 1.